The van der Waals surface area contributed by atoms with Crippen molar-refractivity contribution in [2.45, 2.75) is 12.8 Å². The second-order valence-electron chi connectivity index (χ2n) is 3.40. The monoisotopic (exact) mass is 344 g/mol. The van der Waals surface area contributed by atoms with Crippen LogP contribution in [0, 0.1) is 5.82 Å². The first-order chi connectivity index (χ1) is 7.87. The minimum atomic E-state index is -3.43. The molecule has 0 amide bonds. The van der Waals surface area contributed by atoms with Gasteiger partial charge in [0.2, 0.25) is 9.05 Å². The van der Waals surface area contributed by atoms with Crippen LogP contribution in [0.1, 0.15) is 12.8 Å². The number of unbranched alkanes of at least 4 members (excludes halogenated alkanes) is 1. The lowest BCUT2D eigenvalue weighted by Crippen LogP contribution is -2.02. The Morgan fingerprint density at radius 2 is 2.00 bits per heavy atom. The first-order valence-corrected chi connectivity index (χ1v) is 8.15. The highest BCUT2D eigenvalue weighted by Crippen LogP contribution is 2.20. The Labute approximate surface area is 112 Å². The van der Waals surface area contributed by atoms with Crippen LogP contribution in [0.15, 0.2) is 22.7 Å². The van der Waals surface area contributed by atoms with Crippen molar-refractivity contribution in [3.05, 3.63) is 28.5 Å². The van der Waals surface area contributed by atoms with Gasteiger partial charge in [0.25, 0.3) is 0 Å². The zero-order valence-electron chi connectivity index (χ0n) is 8.83. The molecule has 1 aromatic carbocycles. The largest absolute Gasteiger partial charge is 0.493 e. The van der Waals surface area contributed by atoms with Gasteiger partial charge in [-0.3, -0.25) is 0 Å². The summed E-state index contributed by atoms with van der Waals surface area (Å²) in [4.78, 5) is 0. The summed E-state index contributed by atoms with van der Waals surface area (Å²) in [5, 5.41) is 0. The van der Waals surface area contributed by atoms with Gasteiger partial charge in [-0.05, 0) is 25.0 Å². The third kappa shape index (κ3) is 6.85. The summed E-state index contributed by atoms with van der Waals surface area (Å²) in [6.07, 6.45) is 0.961. The van der Waals surface area contributed by atoms with E-state index in [1.54, 1.807) is 6.07 Å². The molecule has 0 unspecified atom stereocenters. The van der Waals surface area contributed by atoms with Gasteiger partial charge in [0.15, 0.2) is 0 Å². The normalized spacial score (nSPS) is 11.5. The van der Waals surface area contributed by atoms with Gasteiger partial charge in [0, 0.05) is 21.2 Å². The minimum absolute atomic E-state index is 0.0786. The molecule has 0 aliphatic carbocycles. The average molecular weight is 346 g/mol. The van der Waals surface area contributed by atoms with Gasteiger partial charge in [-0.15, -0.1) is 0 Å². The fourth-order valence-corrected chi connectivity index (χ4v) is 2.50. The molecule has 0 atom stereocenters. The van der Waals surface area contributed by atoms with Crippen molar-refractivity contribution >= 4 is 35.7 Å². The van der Waals surface area contributed by atoms with Crippen LogP contribution < -0.4 is 4.74 Å². The van der Waals surface area contributed by atoms with E-state index in [2.05, 4.69) is 15.9 Å². The molecule has 0 saturated heterocycles. The molecule has 0 radical (unpaired) electrons. The zero-order valence-corrected chi connectivity index (χ0v) is 12.0. The highest BCUT2D eigenvalue weighted by molar-refractivity contribution is 9.10. The lowest BCUT2D eigenvalue weighted by molar-refractivity contribution is 0.308. The minimum Gasteiger partial charge on any atom is -0.493 e. The third-order valence-electron chi connectivity index (χ3n) is 1.89. The highest BCUT2D eigenvalue weighted by atomic mass is 79.9. The Hall–Kier alpha value is -0.330. The topological polar surface area (TPSA) is 43.4 Å². The van der Waals surface area contributed by atoms with E-state index in [4.69, 9.17) is 15.4 Å². The van der Waals surface area contributed by atoms with E-state index in [1.807, 2.05) is 0 Å². The molecule has 7 heteroatoms. The molecule has 17 heavy (non-hydrogen) atoms. The number of rotatable bonds is 6. The van der Waals surface area contributed by atoms with Crippen molar-refractivity contribution in [1.29, 1.82) is 0 Å². The van der Waals surface area contributed by atoms with E-state index in [-0.39, 0.29) is 5.75 Å². The standard InChI is InChI=1S/C10H11BrClFO3S/c11-8-5-9(13)7-10(6-8)16-3-1-2-4-17(12,14)15/h5-7H,1-4H2. The third-order valence-corrected chi connectivity index (χ3v) is 3.58. The maximum absolute atomic E-state index is 13.0. The van der Waals surface area contributed by atoms with Crippen LogP contribution >= 0.6 is 26.6 Å². The van der Waals surface area contributed by atoms with Crippen molar-refractivity contribution < 1.29 is 17.5 Å². The van der Waals surface area contributed by atoms with E-state index in [1.165, 1.54) is 12.1 Å². The summed E-state index contributed by atoms with van der Waals surface area (Å²) in [7, 11) is 1.61. The molecule has 0 N–H and O–H groups in total. The number of hydrogen-bond acceptors (Lipinski definition) is 3. The SMILES string of the molecule is O=S(=O)(Cl)CCCCOc1cc(F)cc(Br)c1. The summed E-state index contributed by atoms with van der Waals surface area (Å²) in [5.74, 6) is -0.0617. The summed E-state index contributed by atoms with van der Waals surface area (Å²) in [5.41, 5.74) is 0. The maximum Gasteiger partial charge on any atom is 0.232 e. The number of benzene rings is 1. The second-order valence-corrected chi connectivity index (χ2v) is 7.22. The van der Waals surface area contributed by atoms with Crippen molar-refractivity contribution in [2.75, 3.05) is 12.4 Å². The van der Waals surface area contributed by atoms with Gasteiger partial charge in [-0.2, -0.15) is 0 Å². The van der Waals surface area contributed by atoms with E-state index in [0.29, 0.717) is 29.7 Å². The van der Waals surface area contributed by atoms with E-state index >= 15 is 0 Å². The van der Waals surface area contributed by atoms with Crippen LogP contribution in [-0.2, 0) is 9.05 Å². The van der Waals surface area contributed by atoms with Gasteiger partial charge < -0.3 is 4.74 Å². The highest BCUT2D eigenvalue weighted by Gasteiger charge is 2.04. The fourth-order valence-electron chi connectivity index (χ4n) is 1.18. The Kier molecular flexibility index (Phi) is 5.69. The predicted octanol–water partition coefficient (Wildman–Crippen LogP) is 3.32. The van der Waals surface area contributed by atoms with Crippen LogP contribution in [0.2, 0.25) is 0 Å². The molecule has 0 bridgehead atoms. The summed E-state index contributed by atoms with van der Waals surface area (Å²) in [6, 6.07) is 4.23. The lowest BCUT2D eigenvalue weighted by Gasteiger charge is -2.06. The number of ether oxygens (including phenoxy) is 1. The molecule has 0 saturated carbocycles. The van der Waals surface area contributed by atoms with Gasteiger partial charge in [-0.1, -0.05) is 15.9 Å². The summed E-state index contributed by atoms with van der Waals surface area (Å²) >= 11 is 3.14. The molecule has 1 rings (SSSR count). The lowest BCUT2D eigenvalue weighted by atomic mass is 10.3. The quantitative estimate of drug-likeness (QED) is 0.587. The molecule has 0 aromatic heterocycles. The average Bonchev–Trinajstić information content (AvgIpc) is 2.13. The Balaban J connectivity index is 2.31. The van der Waals surface area contributed by atoms with Crippen molar-refractivity contribution in [3.8, 4) is 5.75 Å². The van der Waals surface area contributed by atoms with E-state index < -0.39 is 14.9 Å². The first kappa shape index (κ1) is 14.7. The Bertz CT molecular complexity index is 458. The van der Waals surface area contributed by atoms with Crippen molar-refractivity contribution in [2.24, 2.45) is 0 Å². The Morgan fingerprint density at radius 3 is 2.59 bits per heavy atom. The van der Waals surface area contributed by atoms with Crippen LogP contribution in [0.5, 0.6) is 5.75 Å². The molecule has 0 aliphatic heterocycles. The molecule has 0 fully saturated rings. The van der Waals surface area contributed by atoms with Crippen molar-refractivity contribution in [1.82, 2.24) is 0 Å². The smallest absolute Gasteiger partial charge is 0.232 e. The number of hydrogen-bond donors (Lipinski definition) is 0. The van der Waals surface area contributed by atoms with Gasteiger partial charge >= 0.3 is 0 Å². The summed E-state index contributed by atoms with van der Waals surface area (Å²) < 4.78 is 40.1. The van der Waals surface area contributed by atoms with Crippen LogP contribution in [0.3, 0.4) is 0 Å². The van der Waals surface area contributed by atoms with Crippen LogP contribution in [-0.4, -0.2) is 20.8 Å². The predicted molar refractivity (Wildman–Crippen MR) is 68.5 cm³/mol. The van der Waals surface area contributed by atoms with Gasteiger partial charge in [0.1, 0.15) is 11.6 Å². The fraction of sp³-hybridized carbons (Fsp3) is 0.400. The van der Waals surface area contributed by atoms with Gasteiger partial charge in [0.05, 0.1) is 12.4 Å². The second kappa shape index (κ2) is 6.56. The maximum atomic E-state index is 13.0. The molecule has 3 nitrogen and oxygen atoms in total. The molecule has 0 aliphatic rings. The molecular formula is C10H11BrClFO3S. The molecule has 0 spiro atoms. The molecule has 96 valence electrons. The molecule has 1 aromatic rings. The van der Waals surface area contributed by atoms with Crippen molar-refractivity contribution in [3.63, 3.8) is 0 Å². The number of halogens is 3. The van der Waals surface area contributed by atoms with Crippen LogP contribution in [0.25, 0.3) is 0 Å². The molecular weight excluding hydrogens is 335 g/mol. The molecule has 0 heterocycles. The van der Waals surface area contributed by atoms with E-state index in [9.17, 15) is 12.8 Å². The first-order valence-electron chi connectivity index (χ1n) is 4.88. The zero-order chi connectivity index (χ0) is 12.9. The Morgan fingerprint density at radius 1 is 1.29 bits per heavy atom. The van der Waals surface area contributed by atoms with Gasteiger partial charge in [-0.25, -0.2) is 12.8 Å². The summed E-state index contributed by atoms with van der Waals surface area (Å²) in [6.45, 7) is 0.322. The van der Waals surface area contributed by atoms with Crippen LogP contribution in [0.4, 0.5) is 4.39 Å². The van der Waals surface area contributed by atoms with E-state index in [0.717, 1.165) is 0 Å².